The number of hydrogen-bond donors (Lipinski definition) is 0. The fourth-order valence-corrected chi connectivity index (χ4v) is 6.64. The fourth-order valence-electron chi connectivity index (χ4n) is 6.64. The van der Waals surface area contributed by atoms with Crippen molar-refractivity contribution in [1.82, 2.24) is 15.0 Å². The van der Waals surface area contributed by atoms with Crippen LogP contribution in [0, 0.1) is 0 Å². The summed E-state index contributed by atoms with van der Waals surface area (Å²) in [5, 5.41) is 4.29. The van der Waals surface area contributed by atoms with Crippen molar-refractivity contribution in [2.24, 2.45) is 0 Å². The lowest BCUT2D eigenvalue weighted by atomic mass is 9.92. The summed E-state index contributed by atoms with van der Waals surface area (Å²) in [4.78, 5) is 14.9. The molecule has 3 aromatic heterocycles. The Bertz CT molecular complexity index is 3190. The van der Waals surface area contributed by atoms with Crippen molar-refractivity contribution >= 4 is 54.6 Å². The summed E-state index contributed by atoms with van der Waals surface area (Å²) in [6.07, 6.45) is 0. The smallest absolute Gasteiger partial charge is 0.164 e. The molecule has 0 saturated carbocycles. The lowest BCUT2D eigenvalue weighted by Crippen LogP contribution is -2.01. The van der Waals surface area contributed by atoms with Gasteiger partial charge in [0.05, 0.1) is 8.22 Å². The van der Waals surface area contributed by atoms with Crippen molar-refractivity contribution in [3.8, 4) is 45.3 Å². The third-order valence-corrected chi connectivity index (χ3v) is 8.77. The number of hydrogen-bond acceptors (Lipinski definition) is 5. The van der Waals surface area contributed by atoms with E-state index in [4.69, 9.17) is 32.0 Å². The molecule has 0 N–H and O–H groups in total. The molecule has 0 atom stereocenters. The summed E-state index contributed by atoms with van der Waals surface area (Å²) in [5.41, 5.74) is 5.27. The number of nitrogens with zero attached hydrogens (tertiary/aromatic N) is 3. The number of fused-ring (bicyclic) bond motifs is 7. The van der Waals surface area contributed by atoms with Crippen LogP contribution < -0.4 is 0 Å². The maximum Gasteiger partial charge on any atom is 0.164 e. The van der Waals surface area contributed by atoms with E-state index in [1.807, 2.05) is 84.9 Å². The highest BCUT2D eigenvalue weighted by Gasteiger charge is 2.20. The van der Waals surface area contributed by atoms with Crippen LogP contribution in [0.4, 0.5) is 0 Å². The van der Waals surface area contributed by atoms with Gasteiger partial charge in [0.2, 0.25) is 0 Å². The second kappa shape index (κ2) is 10.5. The molecular formula is C43H25N3O2. The molecule has 0 unspecified atom stereocenters. The minimum atomic E-state index is -0.289. The molecule has 7 aromatic carbocycles. The number of rotatable bonds is 4. The molecule has 0 saturated heterocycles. The van der Waals surface area contributed by atoms with Gasteiger partial charge in [0.25, 0.3) is 0 Å². The maximum atomic E-state index is 9.11. The molecule has 10 rings (SSSR count). The summed E-state index contributed by atoms with van der Waals surface area (Å²) >= 11 is 0. The van der Waals surface area contributed by atoms with Gasteiger partial charge in [-0.25, -0.2) is 15.0 Å². The topological polar surface area (TPSA) is 65.0 Å². The number of furan rings is 2. The van der Waals surface area contributed by atoms with Gasteiger partial charge in [-0.05, 0) is 52.2 Å². The van der Waals surface area contributed by atoms with Gasteiger partial charge in [-0.1, -0.05) is 121 Å². The molecule has 3 heterocycles. The number of aromatic nitrogens is 3. The lowest BCUT2D eigenvalue weighted by Gasteiger charge is -2.14. The van der Waals surface area contributed by atoms with E-state index in [0.717, 1.165) is 49.4 Å². The van der Waals surface area contributed by atoms with Crippen LogP contribution in [0.25, 0.3) is 99.9 Å². The summed E-state index contributed by atoms with van der Waals surface area (Å²) in [6, 6.07) is 35.2. The Labute approximate surface area is 283 Å². The first kappa shape index (κ1) is 21.3. The predicted molar refractivity (Wildman–Crippen MR) is 194 cm³/mol. The Kier molecular flexibility index (Phi) is 4.64. The van der Waals surface area contributed by atoms with Crippen LogP contribution in [0.1, 0.15) is 8.22 Å². The summed E-state index contributed by atoms with van der Waals surface area (Å²) in [5.74, 6) is 0.896. The second-order valence-corrected chi connectivity index (χ2v) is 11.5. The molecule has 0 aliphatic heterocycles. The highest BCUT2D eigenvalue weighted by molar-refractivity contribution is 6.16. The molecule has 10 aromatic rings. The Morgan fingerprint density at radius 2 is 1.06 bits per heavy atom. The summed E-state index contributed by atoms with van der Waals surface area (Å²) < 4.78 is 63.4. The van der Waals surface area contributed by atoms with Crippen LogP contribution in [0.2, 0.25) is 0 Å². The van der Waals surface area contributed by atoms with E-state index in [9.17, 15) is 0 Å². The Balaban J connectivity index is 1.25. The van der Waals surface area contributed by atoms with E-state index in [1.165, 1.54) is 12.1 Å². The Morgan fingerprint density at radius 3 is 1.96 bits per heavy atom. The van der Waals surface area contributed by atoms with Gasteiger partial charge < -0.3 is 8.83 Å². The molecule has 0 radical (unpaired) electrons. The van der Waals surface area contributed by atoms with Crippen molar-refractivity contribution in [2.45, 2.75) is 0 Å². The molecule has 5 heteroatoms. The lowest BCUT2D eigenvalue weighted by molar-refractivity contribution is 0.668. The molecule has 0 amide bonds. The van der Waals surface area contributed by atoms with Gasteiger partial charge in [0.15, 0.2) is 17.5 Å². The first-order chi connectivity index (χ1) is 26.2. The molecule has 5 nitrogen and oxygen atoms in total. The van der Waals surface area contributed by atoms with Crippen LogP contribution in [-0.2, 0) is 0 Å². The van der Waals surface area contributed by atoms with Crippen LogP contribution in [-0.4, -0.2) is 15.0 Å². The first-order valence-electron chi connectivity index (χ1n) is 18.4. The van der Waals surface area contributed by atoms with Gasteiger partial charge in [0.1, 0.15) is 22.3 Å². The van der Waals surface area contributed by atoms with E-state index >= 15 is 0 Å². The van der Waals surface area contributed by atoms with Gasteiger partial charge in [-0.2, -0.15) is 0 Å². The summed E-state index contributed by atoms with van der Waals surface area (Å²) in [7, 11) is 0. The minimum absolute atomic E-state index is 0.0316. The minimum Gasteiger partial charge on any atom is -0.456 e. The van der Waals surface area contributed by atoms with Crippen LogP contribution in [0.3, 0.4) is 0 Å². The van der Waals surface area contributed by atoms with E-state index in [-0.39, 0.29) is 52.8 Å². The summed E-state index contributed by atoms with van der Waals surface area (Å²) in [6.45, 7) is 0. The van der Waals surface area contributed by atoms with Crippen LogP contribution in [0.15, 0.2) is 160 Å². The third-order valence-electron chi connectivity index (χ3n) is 8.77. The van der Waals surface area contributed by atoms with E-state index in [2.05, 4.69) is 12.1 Å². The standard InChI is InChI=1S/C43H25N3O2/c1-2-12-26(13-3-1)41-44-42(46-43(45-41)34-19-11-23-38-40(34)33-17-7-9-21-36(33)48-38)31-25-24-29(27-14-4-5-15-28(27)31)30-18-10-22-37-39(30)32-16-6-8-20-35(32)47-37/h1-25H/i6D,7D,9D,19D,21D,23D. The molecule has 224 valence electrons. The largest absolute Gasteiger partial charge is 0.456 e. The predicted octanol–water partition coefficient (Wildman–Crippen LogP) is 11.5. The normalized spacial score (nSPS) is 13.5. The van der Waals surface area contributed by atoms with Gasteiger partial charge in [0, 0.05) is 38.2 Å². The highest BCUT2D eigenvalue weighted by Crippen LogP contribution is 2.42. The van der Waals surface area contributed by atoms with Crippen molar-refractivity contribution in [3.63, 3.8) is 0 Å². The Morgan fingerprint density at radius 1 is 0.375 bits per heavy atom. The molecular weight excluding hydrogens is 590 g/mol. The molecule has 0 aliphatic rings. The van der Waals surface area contributed by atoms with Crippen molar-refractivity contribution in [1.29, 1.82) is 0 Å². The highest BCUT2D eigenvalue weighted by atomic mass is 16.3. The van der Waals surface area contributed by atoms with Crippen molar-refractivity contribution < 1.29 is 17.1 Å². The average Bonchev–Trinajstić information content (AvgIpc) is 3.76. The second-order valence-electron chi connectivity index (χ2n) is 11.5. The first-order valence-corrected chi connectivity index (χ1v) is 15.4. The number of para-hydroxylation sites is 2. The average molecular weight is 622 g/mol. The zero-order valence-corrected chi connectivity index (χ0v) is 25.1. The van der Waals surface area contributed by atoms with Crippen molar-refractivity contribution in [3.05, 3.63) is 152 Å². The van der Waals surface area contributed by atoms with Crippen LogP contribution in [0.5, 0.6) is 0 Å². The monoisotopic (exact) mass is 621 g/mol. The van der Waals surface area contributed by atoms with E-state index in [1.54, 1.807) is 6.07 Å². The SMILES string of the molecule is [2H]c1ccc2oc3cccc(-c4ccc(-c5nc(-c6ccccc6)nc(-c6c([2H])cc([2H])c7oc8c([2H])c([2H])c([2H])cc8c67)n5)c5ccccc45)c3c2c1. The molecule has 0 fully saturated rings. The molecule has 0 aliphatic carbocycles. The fraction of sp³-hybridized carbons (Fsp3) is 0. The molecule has 0 bridgehead atoms. The Hall–Kier alpha value is -6.59. The quantitative estimate of drug-likeness (QED) is 0.196. The molecule has 0 spiro atoms. The third kappa shape index (κ3) is 4.08. The maximum absolute atomic E-state index is 9.11. The van der Waals surface area contributed by atoms with Gasteiger partial charge >= 0.3 is 0 Å². The van der Waals surface area contributed by atoms with E-state index < -0.39 is 0 Å². The zero-order valence-electron chi connectivity index (χ0n) is 31.1. The number of benzene rings is 7. The zero-order chi connectivity index (χ0) is 36.8. The van der Waals surface area contributed by atoms with E-state index in [0.29, 0.717) is 34.0 Å². The van der Waals surface area contributed by atoms with Crippen LogP contribution >= 0.6 is 0 Å². The van der Waals surface area contributed by atoms with Gasteiger partial charge in [-0.3, -0.25) is 0 Å². The van der Waals surface area contributed by atoms with Gasteiger partial charge in [-0.15, -0.1) is 0 Å². The molecule has 48 heavy (non-hydrogen) atoms. The van der Waals surface area contributed by atoms with Crippen molar-refractivity contribution in [2.75, 3.05) is 0 Å².